The number of nitrogens with zero attached hydrogens (tertiary/aromatic N) is 2. The van der Waals surface area contributed by atoms with Crippen LogP contribution in [0.3, 0.4) is 0 Å². The van der Waals surface area contributed by atoms with Crippen LogP contribution in [0, 0.1) is 6.92 Å². The summed E-state index contributed by atoms with van der Waals surface area (Å²) in [5.41, 5.74) is 5.56. The molecule has 1 amide bonds. The number of carbonyl (C=O) groups is 1. The maximum atomic E-state index is 12.5. The van der Waals surface area contributed by atoms with Crippen molar-refractivity contribution in [2.75, 3.05) is 5.32 Å². The van der Waals surface area contributed by atoms with Gasteiger partial charge in [-0.05, 0) is 68.0 Å². The first-order chi connectivity index (χ1) is 13.1. The summed E-state index contributed by atoms with van der Waals surface area (Å²) in [5, 5.41) is 11.2. The molecule has 0 radical (unpaired) electrons. The van der Waals surface area contributed by atoms with E-state index in [9.17, 15) is 4.79 Å². The lowest BCUT2D eigenvalue weighted by Crippen LogP contribution is -2.22. The first kappa shape index (κ1) is 17.8. The van der Waals surface area contributed by atoms with Crippen LogP contribution in [0.4, 0.5) is 5.69 Å². The fraction of sp³-hybridized carbons (Fsp3) is 0.286. The molecular formula is C21H21N3O2S. The molecule has 0 unspecified atom stereocenters. The minimum atomic E-state index is -0.344. The molecule has 6 heteroatoms. The zero-order valence-corrected chi connectivity index (χ0v) is 16.2. The van der Waals surface area contributed by atoms with Gasteiger partial charge in [-0.2, -0.15) is 0 Å². The third-order valence-corrected chi connectivity index (χ3v) is 5.73. The smallest absolute Gasteiger partial charge is 0.277 e. The second kappa shape index (κ2) is 7.56. The number of rotatable bonds is 5. The molecule has 4 rings (SSSR count). The zero-order valence-electron chi connectivity index (χ0n) is 15.4. The summed E-state index contributed by atoms with van der Waals surface area (Å²) in [5.74, 6) is 0.399. The van der Waals surface area contributed by atoms with Crippen LogP contribution in [-0.4, -0.2) is 21.4 Å². The van der Waals surface area contributed by atoms with Crippen LogP contribution in [0.1, 0.15) is 30.0 Å². The van der Waals surface area contributed by atoms with Gasteiger partial charge in [-0.15, -0.1) is 10.2 Å². The van der Waals surface area contributed by atoms with Gasteiger partial charge >= 0.3 is 0 Å². The number of carbonyl (C=O) groups excluding carboxylic acids is 1. The molecule has 1 atom stereocenters. The number of aryl methyl sites for hydroxylation is 3. The van der Waals surface area contributed by atoms with Crippen LogP contribution in [-0.2, 0) is 17.6 Å². The third kappa shape index (κ3) is 3.90. The molecule has 27 heavy (non-hydrogen) atoms. The minimum Gasteiger partial charge on any atom is -0.411 e. The third-order valence-electron chi connectivity index (χ3n) is 4.79. The maximum Gasteiger partial charge on any atom is 0.277 e. The summed E-state index contributed by atoms with van der Waals surface area (Å²) in [6.07, 6.45) is 3.42. The van der Waals surface area contributed by atoms with E-state index in [1.54, 1.807) is 0 Å². The Balaban J connectivity index is 1.41. The standard InChI is InChI=1S/C21H21N3O2S/c1-13-6-3-4-9-18(13)20-23-24-21(26-20)27-14(2)19(25)22-17-11-10-15-7-5-8-16(15)12-17/h3-4,6,9-12,14H,5,7-8H2,1-2H3,(H,22,25)/t14-/m0/s1. The highest BCUT2D eigenvalue weighted by atomic mass is 32.2. The first-order valence-electron chi connectivity index (χ1n) is 9.09. The lowest BCUT2D eigenvalue weighted by Gasteiger charge is -2.11. The number of nitrogens with one attached hydrogen (secondary N) is 1. The van der Waals surface area contributed by atoms with E-state index in [1.807, 2.05) is 44.2 Å². The van der Waals surface area contributed by atoms with E-state index in [4.69, 9.17) is 4.42 Å². The number of amides is 1. The van der Waals surface area contributed by atoms with Crippen LogP contribution in [0.2, 0.25) is 0 Å². The van der Waals surface area contributed by atoms with Crippen molar-refractivity contribution in [2.45, 2.75) is 43.6 Å². The lowest BCUT2D eigenvalue weighted by atomic mass is 10.1. The van der Waals surface area contributed by atoms with E-state index in [2.05, 4.69) is 27.6 Å². The van der Waals surface area contributed by atoms with Crippen molar-refractivity contribution in [1.29, 1.82) is 0 Å². The highest BCUT2D eigenvalue weighted by molar-refractivity contribution is 8.00. The molecule has 0 aliphatic heterocycles. The van der Waals surface area contributed by atoms with Crippen LogP contribution in [0.15, 0.2) is 52.1 Å². The van der Waals surface area contributed by atoms with Crippen LogP contribution < -0.4 is 5.32 Å². The predicted molar refractivity (Wildman–Crippen MR) is 107 cm³/mol. The van der Waals surface area contributed by atoms with E-state index in [0.29, 0.717) is 11.1 Å². The molecule has 0 bridgehead atoms. The van der Waals surface area contributed by atoms with Crippen molar-refractivity contribution in [3.05, 3.63) is 59.2 Å². The van der Waals surface area contributed by atoms with Crippen LogP contribution in [0.25, 0.3) is 11.5 Å². The normalized spacial score (nSPS) is 14.0. The number of aromatic nitrogens is 2. The maximum absolute atomic E-state index is 12.5. The summed E-state index contributed by atoms with van der Waals surface area (Å²) in [6, 6.07) is 14.0. The second-order valence-electron chi connectivity index (χ2n) is 6.77. The van der Waals surface area contributed by atoms with Gasteiger partial charge in [-0.25, -0.2) is 0 Å². The molecule has 1 aliphatic rings. The Morgan fingerprint density at radius 1 is 1.15 bits per heavy atom. The average Bonchev–Trinajstić information content (AvgIpc) is 3.31. The molecule has 0 saturated heterocycles. The molecule has 0 saturated carbocycles. The van der Waals surface area contributed by atoms with Crippen molar-refractivity contribution in [1.82, 2.24) is 10.2 Å². The SMILES string of the molecule is Cc1ccccc1-c1nnc(S[C@@H](C)C(=O)Nc2ccc3c(c2)CCC3)o1. The quantitative estimate of drug-likeness (QED) is 0.654. The molecule has 5 nitrogen and oxygen atoms in total. The Morgan fingerprint density at radius 2 is 1.96 bits per heavy atom. The Morgan fingerprint density at radius 3 is 2.81 bits per heavy atom. The molecule has 0 spiro atoms. The van der Waals surface area contributed by atoms with E-state index in [1.165, 1.54) is 29.3 Å². The van der Waals surface area contributed by atoms with Crippen molar-refractivity contribution in [2.24, 2.45) is 0 Å². The van der Waals surface area contributed by atoms with Crippen LogP contribution in [0.5, 0.6) is 0 Å². The summed E-state index contributed by atoms with van der Waals surface area (Å²) >= 11 is 1.27. The van der Waals surface area contributed by atoms with Crippen LogP contribution >= 0.6 is 11.8 Å². The molecule has 1 aliphatic carbocycles. The highest BCUT2D eigenvalue weighted by Crippen LogP contribution is 2.29. The minimum absolute atomic E-state index is 0.0754. The fourth-order valence-corrected chi connectivity index (χ4v) is 3.96. The molecule has 1 heterocycles. The fourth-order valence-electron chi connectivity index (χ4n) is 3.28. The molecule has 1 N–H and O–H groups in total. The molecule has 0 fully saturated rings. The van der Waals surface area contributed by atoms with Gasteiger partial charge in [0.15, 0.2) is 0 Å². The summed E-state index contributed by atoms with van der Waals surface area (Å²) < 4.78 is 5.74. The van der Waals surface area contributed by atoms with E-state index in [0.717, 1.165) is 29.7 Å². The highest BCUT2D eigenvalue weighted by Gasteiger charge is 2.20. The van der Waals surface area contributed by atoms with Gasteiger partial charge in [-0.3, -0.25) is 4.79 Å². The van der Waals surface area contributed by atoms with E-state index in [-0.39, 0.29) is 11.2 Å². The Bertz CT molecular complexity index is 983. The number of anilines is 1. The van der Waals surface area contributed by atoms with Gasteiger partial charge in [0.05, 0.1) is 5.25 Å². The predicted octanol–water partition coefficient (Wildman–Crippen LogP) is 4.65. The van der Waals surface area contributed by atoms with Gasteiger partial charge in [0, 0.05) is 11.3 Å². The molecule has 2 aromatic carbocycles. The molecule has 138 valence electrons. The van der Waals surface area contributed by atoms with E-state index < -0.39 is 0 Å². The summed E-state index contributed by atoms with van der Waals surface area (Å²) in [4.78, 5) is 12.5. The second-order valence-corrected chi connectivity index (χ2v) is 8.07. The van der Waals surface area contributed by atoms with Crippen molar-refractivity contribution < 1.29 is 9.21 Å². The number of fused-ring (bicyclic) bond motifs is 1. The number of benzene rings is 2. The van der Waals surface area contributed by atoms with Gasteiger partial charge in [0.25, 0.3) is 5.22 Å². The molecule has 1 aromatic heterocycles. The zero-order chi connectivity index (χ0) is 18.8. The number of hydrogen-bond acceptors (Lipinski definition) is 5. The van der Waals surface area contributed by atoms with Gasteiger partial charge in [0.1, 0.15) is 0 Å². The monoisotopic (exact) mass is 379 g/mol. The van der Waals surface area contributed by atoms with Crippen molar-refractivity contribution >= 4 is 23.4 Å². The van der Waals surface area contributed by atoms with Gasteiger partial charge in [0.2, 0.25) is 11.8 Å². The first-order valence-corrected chi connectivity index (χ1v) is 9.97. The topological polar surface area (TPSA) is 68.0 Å². The number of thioether (sulfide) groups is 1. The Labute approximate surface area is 162 Å². The summed E-state index contributed by atoms with van der Waals surface area (Å²) in [7, 11) is 0. The molecular weight excluding hydrogens is 358 g/mol. The van der Waals surface area contributed by atoms with Gasteiger partial charge in [-0.1, -0.05) is 36.0 Å². The average molecular weight is 379 g/mol. The molecule has 3 aromatic rings. The van der Waals surface area contributed by atoms with Gasteiger partial charge < -0.3 is 9.73 Å². The Kier molecular flexibility index (Phi) is 4.99. The van der Waals surface area contributed by atoms with E-state index >= 15 is 0 Å². The lowest BCUT2D eigenvalue weighted by molar-refractivity contribution is -0.115. The van der Waals surface area contributed by atoms with Crippen molar-refractivity contribution in [3.63, 3.8) is 0 Å². The Hall–Kier alpha value is -2.60. The summed E-state index contributed by atoms with van der Waals surface area (Å²) in [6.45, 7) is 3.84. The van der Waals surface area contributed by atoms with Crippen molar-refractivity contribution in [3.8, 4) is 11.5 Å². The number of hydrogen-bond donors (Lipinski definition) is 1. The largest absolute Gasteiger partial charge is 0.411 e.